The topological polar surface area (TPSA) is 82.1 Å². The Labute approximate surface area is 146 Å². The second-order valence-electron chi connectivity index (χ2n) is 7.64. The largest absolute Gasteiger partial charge is 0.493 e. The average Bonchev–Trinajstić information content (AvgIpc) is 2.94. The number of hydrogen-bond donors (Lipinski definition) is 1. The Bertz CT molecular complexity index is 692. The van der Waals surface area contributed by atoms with Crippen LogP contribution in [0.2, 0.25) is 0 Å². The summed E-state index contributed by atoms with van der Waals surface area (Å²) in [5, 5.41) is 10.7. The van der Waals surface area contributed by atoms with Crippen molar-refractivity contribution < 1.29 is 28.9 Å². The van der Waals surface area contributed by atoms with Crippen LogP contribution in [0.5, 0.6) is 0 Å². The van der Waals surface area contributed by atoms with Gasteiger partial charge in [-0.25, -0.2) is 0 Å². The van der Waals surface area contributed by atoms with E-state index in [0.29, 0.717) is 30.6 Å². The lowest BCUT2D eigenvalue weighted by Gasteiger charge is -2.51. The molecule has 4 aliphatic rings. The highest BCUT2D eigenvalue weighted by Crippen LogP contribution is 2.60. The van der Waals surface area contributed by atoms with Gasteiger partial charge in [-0.3, -0.25) is 9.59 Å². The highest BCUT2D eigenvalue weighted by molar-refractivity contribution is 6.22. The predicted molar refractivity (Wildman–Crippen MR) is 87.4 cm³/mol. The van der Waals surface area contributed by atoms with Gasteiger partial charge in [0.25, 0.3) is 0 Å². The van der Waals surface area contributed by atoms with Crippen LogP contribution < -0.4 is 0 Å². The standard InChI is InChI=1S/C19H24O6/c1-4-24-18-9-5-6-13(21)19(2)8-10-14(17(25-18)15(9)19)11(20)7-12(23-3)16(10)22/h7,9,13,15,17-18,21H,4-6,8H2,1-3H3/t9?,13?,15-,17?,18-,19-/m0/s1. The molecule has 1 saturated carbocycles. The zero-order valence-corrected chi connectivity index (χ0v) is 14.8. The third kappa shape index (κ3) is 2.20. The number of carbonyl (C=O) groups is 2. The van der Waals surface area contributed by atoms with Crippen molar-refractivity contribution in [1.82, 2.24) is 0 Å². The number of ether oxygens (including phenoxy) is 3. The van der Waals surface area contributed by atoms with E-state index in [2.05, 4.69) is 0 Å². The molecule has 1 saturated heterocycles. The van der Waals surface area contributed by atoms with Crippen LogP contribution in [0.4, 0.5) is 0 Å². The van der Waals surface area contributed by atoms with Crippen molar-refractivity contribution in [2.45, 2.75) is 51.6 Å². The monoisotopic (exact) mass is 348 g/mol. The van der Waals surface area contributed by atoms with Crippen LogP contribution in [-0.2, 0) is 23.8 Å². The quantitative estimate of drug-likeness (QED) is 0.779. The number of hydrogen-bond acceptors (Lipinski definition) is 6. The van der Waals surface area contributed by atoms with Gasteiger partial charge in [0.05, 0.1) is 19.3 Å². The van der Waals surface area contributed by atoms with Gasteiger partial charge < -0.3 is 19.3 Å². The molecule has 0 aromatic heterocycles. The molecule has 136 valence electrons. The Morgan fingerprint density at radius 3 is 2.80 bits per heavy atom. The van der Waals surface area contributed by atoms with Crippen LogP contribution in [-0.4, -0.2) is 48.9 Å². The second-order valence-corrected chi connectivity index (χ2v) is 7.64. The molecule has 6 atom stereocenters. The van der Waals surface area contributed by atoms with E-state index in [0.717, 1.165) is 6.42 Å². The van der Waals surface area contributed by atoms with Crippen LogP contribution in [0, 0.1) is 17.3 Å². The number of fused-ring (bicyclic) bond motifs is 1. The van der Waals surface area contributed by atoms with Gasteiger partial charge >= 0.3 is 0 Å². The molecule has 0 aromatic carbocycles. The van der Waals surface area contributed by atoms with Crippen LogP contribution in [0.15, 0.2) is 23.0 Å². The molecule has 25 heavy (non-hydrogen) atoms. The second kappa shape index (κ2) is 5.76. The zero-order chi connectivity index (χ0) is 17.9. The minimum Gasteiger partial charge on any atom is -0.493 e. The van der Waals surface area contributed by atoms with Crippen molar-refractivity contribution in [2.75, 3.05) is 13.7 Å². The lowest BCUT2D eigenvalue weighted by Crippen LogP contribution is -2.54. The van der Waals surface area contributed by atoms with E-state index in [1.807, 2.05) is 13.8 Å². The summed E-state index contributed by atoms with van der Waals surface area (Å²) in [6.45, 7) is 4.44. The maximum Gasteiger partial charge on any atom is 0.224 e. The average molecular weight is 348 g/mol. The molecule has 3 unspecified atom stereocenters. The minimum atomic E-state index is -0.533. The van der Waals surface area contributed by atoms with Crippen LogP contribution in [0.1, 0.15) is 33.1 Å². The fourth-order valence-electron chi connectivity index (χ4n) is 5.29. The molecule has 2 fully saturated rings. The first-order valence-corrected chi connectivity index (χ1v) is 8.95. The van der Waals surface area contributed by atoms with Crippen molar-refractivity contribution in [3.63, 3.8) is 0 Å². The third-order valence-electron chi connectivity index (χ3n) is 6.46. The Kier molecular flexibility index (Phi) is 3.90. The van der Waals surface area contributed by atoms with Gasteiger partial charge in [-0.2, -0.15) is 0 Å². The highest BCUT2D eigenvalue weighted by Gasteiger charge is 2.63. The van der Waals surface area contributed by atoms with Gasteiger partial charge in [0, 0.05) is 41.1 Å². The molecular formula is C19H24O6. The first-order chi connectivity index (χ1) is 11.9. The number of allylic oxidation sites excluding steroid dienone is 2. The molecule has 6 heteroatoms. The maximum atomic E-state index is 12.8. The van der Waals surface area contributed by atoms with E-state index >= 15 is 0 Å². The Morgan fingerprint density at radius 1 is 1.36 bits per heavy atom. The van der Waals surface area contributed by atoms with E-state index in [4.69, 9.17) is 14.2 Å². The SMILES string of the molecule is CCO[C@H]1OC2C3=C(C[C@@]4(C)C(O)CCC1[C@@H]24)C(=O)C(OC)=CC3=O. The number of methoxy groups -OCH3 is 1. The van der Waals surface area contributed by atoms with Gasteiger partial charge in [0.15, 0.2) is 17.8 Å². The molecule has 6 nitrogen and oxygen atoms in total. The van der Waals surface area contributed by atoms with Crippen LogP contribution in [0.3, 0.4) is 0 Å². The van der Waals surface area contributed by atoms with Gasteiger partial charge in [-0.05, 0) is 26.2 Å². The molecule has 0 bridgehead atoms. The van der Waals surface area contributed by atoms with Crippen molar-refractivity contribution in [2.24, 2.45) is 17.3 Å². The fourth-order valence-corrected chi connectivity index (χ4v) is 5.29. The predicted octanol–water partition coefficient (Wildman–Crippen LogP) is 1.52. The summed E-state index contributed by atoms with van der Waals surface area (Å²) >= 11 is 0. The maximum absolute atomic E-state index is 12.8. The van der Waals surface area contributed by atoms with Gasteiger partial charge in [0.1, 0.15) is 0 Å². The van der Waals surface area contributed by atoms with Crippen molar-refractivity contribution in [1.29, 1.82) is 0 Å². The molecule has 4 rings (SSSR count). The Morgan fingerprint density at radius 2 is 2.12 bits per heavy atom. The van der Waals surface area contributed by atoms with E-state index in [1.54, 1.807) is 0 Å². The summed E-state index contributed by atoms with van der Waals surface area (Å²) in [6.07, 6.45) is 1.64. The van der Waals surface area contributed by atoms with E-state index in [-0.39, 0.29) is 29.2 Å². The summed E-state index contributed by atoms with van der Waals surface area (Å²) in [5.41, 5.74) is 0.365. The molecular weight excluding hydrogens is 324 g/mol. The number of Topliss-reactive ketones (excluding diaryl/α,β-unsaturated/α-hetero) is 1. The number of carbonyl (C=O) groups excluding carboxylic acids is 2. The summed E-state index contributed by atoms with van der Waals surface area (Å²) in [6, 6.07) is 0. The van der Waals surface area contributed by atoms with Gasteiger partial charge in [-0.1, -0.05) is 6.92 Å². The summed E-state index contributed by atoms with van der Waals surface area (Å²) in [4.78, 5) is 25.5. The molecule has 0 spiro atoms. The number of rotatable bonds is 3. The summed E-state index contributed by atoms with van der Waals surface area (Å²) in [7, 11) is 1.39. The summed E-state index contributed by atoms with van der Waals surface area (Å²) in [5.74, 6) is -0.333. The first kappa shape index (κ1) is 16.9. The molecule has 0 aromatic rings. The molecule has 1 N–H and O–H groups in total. The third-order valence-corrected chi connectivity index (χ3v) is 6.46. The van der Waals surface area contributed by atoms with Crippen LogP contribution >= 0.6 is 0 Å². The van der Waals surface area contributed by atoms with E-state index < -0.39 is 23.9 Å². The molecule has 0 amide bonds. The van der Waals surface area contributed by atoms with Crippen LogP contribution in [0.25, 0.3) is 0 Å². The first-order valence-electron chi connectivity index (χ1n) is 8.95. The number of aliphatic hydroxyl groups is 1. The summed E-state index contributed by atoms with van der Waals surface area (Å²) < 4.78 is 17.0. The molecule has 0 radical (unpaired) electrons. The van der Waals surface area contributed by atoms with Crippen molar-refractivity contribution in [3.05, 3.63) is 23.0 Å². The lowest BCUT2D eigenvalue weighted by molar-refractivity contribution is -0.144. The number of aliphatic hydroxyl groups excluding tert-OH is 1. The van der Waals surface area contributed by atoms with E-state index in [1.165, 1.54) is 13.2 Å². The fraction of sp³-hybridized carbons (Fsp3) is 0.684. The van der Waals surface area contributed by atoms with Crippen molar-refractivity contribution >= 4 is 11.6 Å². The normalized spacial score (nSPS) is 42.9. The molecule has 1 aliphatic heterocycles. The van der Waals surface area contributed by atoms with Gasteiger partial charge in [0.2, 0.25) is 5.78 Å². The Balaban J connectivity index is 1.83. The van der Waals surface area contributed by atoms with Crippen molar-refractivity contribution in [3.8, 4) is 0 Å². The smallest absolute Gasteiger partial charge is 0.224 e. The number of ketones is 2. The van der Waals surface area contributed by atoms with Gasteiger partial charge in [-0.15, -0.1) is 0 Å². The minimum absolute atomic E-state index is 0.0270. The Hall–Kier alpha value is -1.50. The highest BCUT2D eigenvalue weighted by atomic mass is 16.7. The zero-order valence-electron chi connectivity index (χ0n) is 14.8. The lowest BCUT2D eigenvalue weighted by atomic mass is 9.53. The molecule has 3 aliphatic carbocycles. The van der Waals surface area contributed by atoms with E-state index in [9.17, 15) is 14.7 Å². The molecule has 1 heterocycles.